The summed E-state index contributed by atoms with van der Waals surface area (Å²) in [6.07, 6.45) is 11.3. The molecule has 0 bridgehead atoms. The number of rotatable bonds is 6. The van der Waals surface area contributed by atoms with Crippen LogP contribution in [0.2, 0.25) is 0 Å². The molecule has 3 heterocycles. The number of aryl methyl sites for hydroxylation is 2. The van der Waals surface area contributed by atoms with Gasteiger partial charge in [0.2, 0.25) is 0 Å². The van der Waals surface area contributed by atoms with Crippen molar-refractivity contribution in [2.75, 3.05) is 13.1 Å². The van der Waals surface area contributed by atoms with Crippen molar-refractivity contribution in [3.8, 4) is 0 Å². The van der Waals surface area contributed by atoms with Crippen molar-refractivity contribution in [2.24, 2.45) is 10.9 Å². The summed E-state index contributed by atoms with van der Waals surface area (Å²) in [5.41, 5.74) is 0. The second-order valence-electron chi connectivity index (χ2n) is 8.09. The highest BCUT2D eigenvalue weighted by molar-refractivity contribution is 5.80. The summed E-state index contributed by atoms with van der Waals surface area (Å²) >= 11 is 0. The van der Waals surface area contributed by atoms with Crippen molar-refractivity contribution in [1.29, 1.82) is 0 Å². The van der Waals surface area contributed by atoms with Crippen LogP contribution >= 0.6 is 0 Å². The molecule has 1 unspecified atom stereocenters. The van der Waals surface area contributed by atoms with E-state index in [1.54, 1.807) is 6.26 Å². The minimum absolute atomic E-state index is 0.329. The van der Waals surface area contributed by atoms with Crippen molar-refractivity contribution < 1.29 is 4.42 Å². The molecule has 152 valence electrons. The van der Waals surface area contributed by atoms with Gasteiger partial charge in [0.15, 0.2) is 5.96 Å². The second-order valence-corrected chi connectivity index (χ2v) is 8.09. The average Bonchev–Trinajstić information content (AvgIpc) is 3.35. The van der Waals surface area contributed by atoms with Gasteiger partial charge in [0, 0.05) is 32.0 Å². The largest absolute Gasteiger partial charge is 0.469 e. The standard InChI is InChI=1S/C21H32N6O/c1-16-24-20-10-9-18(15-27(20)26-16)25-21(22-12-11-19-8-5-13-28-19)23-14-17-6-3-2-4-7-17/h5,8,13,17-18H,2-4,6-7,9-12,14-15H2,1H3,(H2,22,23,25). The van der Waals surface area contributed by atoms with Crippen LogP contribution in [0, 0.1) is 12.8 Å². The molecule has 1 aliphatic heterocycles. The summed E-state index contributed by atoms with van der Waals surface area (Å²) < 4.78 is 7.48. The molecule has 2 N–H and O–H groups in total. The molecule has 1 saturated carbocycles. The van der Waals surface area contributed by atoms with Crippen LogP contribution in [0.5, 0.6) is 0 Å². The fraction of sp³-hybridized carbons (Fsp3) is 0.667. The zero-order valence-electron chi connectivity index (χ0n) is 16.9. The predicted octanol–water partition coefficient (Wildman–Crippen LogP) is 2.85. The minimum Gasteiger partial charge on any atom is -0.469 e. The molecule has 4 rings (SSSR count). The quantitative estimate of drug-likeness (QED) is 0.591. The van der Waals surface area contributed by atoms with Gasteiger partial charge in [-0.3, -0.25) is 4.99 Å². The van der Waals surface area contributed by atoms with E-state index in [1.165, 1.54) is 32.1 Å². The number of nitrogens with zero attached hydrogens (tertiary/aromatic N) is 4. The maximum absolute atomic E-state index is 5.44. The first-order chi connectivity index (χ1) is 13.8. The lowest BCUT2D eigenvalue weighted by atomic mass is 9.89. The van der Waals surface area contributed by atoms with Crippen molar-refractivity contribution in [3.05, 3.63) is 35.8 Å². The molecule has 0 saturated heterocycles. The fourth-order valence-electron chi connectivity index (χ4n) is 4.25. The van der Waals surface area contributed by atoms with Crippen LogP contribution in [0.15, 0.2) is 27.8 Å². The Labute approximate surface area is 167 Å². The first kappa shape index (κ1) is 19.0. The molecule has 7 nitrogen and oxygen atoms in total. The van der Waals surface area contributed by atoms with Crippen LogP contribution in [0.1, 0.15) is 55.9 Å². The van der Waals surface area contributed by atoms with E-state index >= 15 is 0 Å². The van der Waals surface area contributed by atoms with E-state index in [1.807, 2.05) is 23.7 Å². The normalized spacial score (nSPS) is 20.8. The van der Waals surface area contributed by atoms with Crippen molar-refractivity contribution in [2.45, 2.75) is 70.9 Å². The molecule has 1 atom stereocenters. The molecule has 2 aromatic rings. The molecule has 7 heteroatoms. The van der Waals surface area contributed by atoms with Gasteiger partial charge in [0.1, 0.15) is 17.4 Å². The number of aliphatic imine (C=N–C) groups is 1. The van der Waals surface area contributed by atoms with E-state index in [9.17, 15) is 0 Å². The van der Waals surface area contributed by atoms with Gasteiger partial charge in [-0.25, -0.2) is 9.67 Å². The maximum atomic E-state index is 5.44. The number of furan rings is 1. The molecule has 0 spiro atoms. The van der Waals surface area contributed by atoms with Gasteiger partial charge in [0.25, 0.3) is 0 Å². The van der Waals surface area contributed by atoms with E-state index in [4.69, 9.17) is 9.41 Å². The number of fused-ring (bicyclic) bond motifs is 1. The number of hydrogen-bond acceptors (Lipinski definition) is 4. The lowest BCUT2D eigenvalue weighted by Crippen LogP contribution is -2.47. The summed E-state index contributed by atoms with van der Waals surface area (Å²) in [5.74, 6) is 4.61. The Bertz CT molecular complexity index is 760. The van der Waals surface area contributed by atoms with Gasteiger partial charge >= 0.3 is 0 Å². The van der Waals surface area contributed by atoms with Gasteiger partial charge in [-0.05, 0) is 44.2 Å². The predicted molar refractivity (Wildman–Crippen MR) is 109 cm³/mol. The first-order valence-corrected chi connectivity index (χ1v) is 10.7. The molecule has 2 aliphatic rings. The fourth-order valence-corrected chi connectivity index (χ4v) is 4.25. The zero-order valence-corrected chi connectivity index (χ0v) is 16.9. The zero-order chi connectivity index (χ0) is 19.2. The Morgan fingerprint density at radius 2 is 2.18 bits per heavy atom. The van der Waals surface area contributed by atoms with Crippen LogP contribution in [0.4, 0.5) is 0 Å². The average molecular weight is 385 g/mol. The Balaban J connectivity index is 1.35. The van der Waals surface area contributed by atoms with Gasteiger partial charge in [0.05, 0.1) is 12.8 Å². The second kappa shape index (κ2) is 9.26. The van der Waals surface area contributed by atoms with Gasteiger partial charge < -0.3 is 15.1 Å². The summed E-state index contributed by atoms with van der Waals surface area (Å²) in [6.45, 7) is 4.53. The number of nitrogens with one attached hydrogen (secondary N) is 2. The maximum Gasteiger partial charge on any atom is 0.191 e. The van der Waals surface area contributed by atoms with Crippen LogP contribution in [0.25, 0.3) is 0 Å². The topological polar surface area (TPSA) is 80.3 Å². The smallest absolute Gasteiger partial charge is 0.191 e. The van der Waals surface area contributed by atoms with Crippen LogP contribution in [-0.2, 0) is 19.4 Å². The molecular formula is C21H32N6O. The van der Waals surface area contributed by atoms with Crippen LogP contribution in [0.3, 0.4) is 0 Å². The third kappa shape index (κ3) is 5.14. The van der Waals surface area contributed by atoms with Crippen molar-refractivity contribution in [3.63, 3.8) is 0 Å². The highest BCUT2D eigenvalue weighted by atomic mass is 16.3. The third-order valence-electron chi connectivity index (χ3n) is 5.78. The molecule has 0 aromatic carbocycles. The molecule has 2 aromatic heterocycles. The molecule has 1 fully saturated rings. The lowest BCUT2D eigenvalue weighted by molar-refractivity contribution is 0.364. The number of guanidine groups is 1. The molecule has 0 amide bonds. The van der Waals surface area contributed by atoms with Gasteiger partial charge in [-0.2, -0.15) is 5.10 Å². The summed E-state index contributed by atoms with van der Waals surface area (Å²) in [6, 6.07) is 4.28. The monoisotopic (exact) mass is 384 g/mol. The summed E-state index contributed by atoms with van der Waals surface area (Å²) in [7, 11) is 0. The van der Waals surface area contributed by atoms with Crippen LogP contribution < -0.4 is 10.6 Å². The van der Waals surface area contributed by atoms with E-state index in [2.05, 4.69) is 20.7 Å². The Morgan fingerprint density at radius 1 is 1.29 bits per heavy atom. The number of aromatic nitrogens is 3. The summed E-state index contributed by atoms with van der Waals surface area (Å²) in [4.78, 5) is 9.45. The van der Waals surface area contributed by atoms with Crippen molar-refractivity contribution in [1.82, 2.24) is 25.4 Å². The molecule has 28 heavy (non-hydrogen) atoms. The Hall–Kier alpha value is -2.31. The van der Waals surface area contributed by atoms with Crippen LogP contribution in [-0.4, -0.2) is 39.9 Å². The molecular weight excluding hydrogens is 352 g/mol. The van der Waals surface area contributed by atoms with E-state index in [0.29, 0.717) is 6.04 Å². The van der Waals surface area contributed by atoms with Gasteiger partial charge in [-0.15, -0.1) is 0 Å². The Kier molecular flexibility index (Phi) is 6.29. The van der Waals surface area contributed by atoms with E-state index in [0.717, 1.165) is 68.2 Å². The SMILES string of the molecule is Cc1nc2n(n1)CC(NC(=NCC1CCCCC1)NCCc1ccco1)CC2. The molecule has 0 radical (unpaired) electrons. The van der Waals surface area contributed by atoms with E-state index < -0.39 is 0 Å². The van der Waals surface area contributed by atoms with Crippen molar-refractivity contribution >= 4 is 5.96 Å². The third-order valence-corrected chi connectivity index (χ3v) is 5.78. The Morgan fingerprint density at radius 3 is 3.00 bits per heavy atom. The molecule has 1 aliphatic carbocycles. The summed E-state index contributed by atoms with van der Waals surface area (Å²) in [5, 5.41) is 11.7. The highest BCUT2D eigenvalue weighted by Crippen LogP contribution is 2.23. The van der Waals surface area contributed by atoms with Gasteiger partial charge in [-0.1, -0.05) is 19.3 Å². The highest BCUT2D eigenvalue weighted by Gasteiger charge is 2.22. The lowest BCUT2D eigenvalue weighted by Gasteiger charge is -2.26. The van der Waals surface area contributed by atoms with E-state index in [-0.39, 0.29) is 0 Å². The minimum atomic E-state index is 0.329. The number of hydrogen-bond donors (Lipinski definition) is 2. The first-order valence-electron chi connectivity index (χ1n) is 10.7.